The van der Waals surface area contributed by atoms with Gasteiger partial charge in [-0.2, -0.15) is 5.10 Å². The lowest BCUT2D eigenvalue weighted by molar-refractivity contribution is 0.0952. The fourth-order valence-electron chi connectivity index (χ4n) is 1.96. The van der Waals surface area contributed by atoms with Crippen LogP contribution >= 0.6 is 11.6 Å². The minimum absolute atomic E-state index is 0.352. The second-order valence-electron chi connectivity index (χ2n) is 4.62. The summed E-state index contributed by atoms with van der Waals surface area (Å²) in [4.78, 5) is 12.0. The number of carbonyl (C=O) groups is 1. The Morgan fingerprint density at radius 1 is 1.27 bits per heavy atom. The van der Waals surface area contributed by atoms with E-state index in [-0.39, 0.29) is 5.91 Å². The quantitative estimate of drug-likeness (QED) is 0.652. The number of hydrogen-bond donors (Lipinski definition) is 1. The number of nitrogens with zero attached hydrogens (tertiary/aromatic N) is 1. The van der Waals surface area contributed by atoms with E-state index >= 15 is 0 Å². The van der Waals surface area contributed by atoms with Crippen LogP contribution in [-0.2, 0) is 6.42 Å². The number of aryl methyl sites for hydroxylation is 1. The van der Waals surface area contributed by atoms with Gasteiger partial charge in [0.2, 0.25) is 0 Å². The fourth-order valence-corrected chi connectivity index (χ4v) is 2.13. The number of carbonyl (C=O) groups excluding carboxylic acids is 1. The van der Waals surface area contributed by atoms with Crippen molar-refractivity contribution >= 4 is 23.7 Å². The second kappa shape index (κ2) is 8.20. The minimum atomic E-state index is -0.352. The highest BCUT2D eigenvalue weighted by atomic mass is 35.5. The average molecular weight is 317 g/mol. The van der Waals surface area contributed by atoms with Gasteiger partial charge in [0.25, 0.3) is 5.91 Å². The lowest BCUT2D eigenvalue weighted by Gasteiger charge is -2.07. The van der Waals surface area contributed by atoms with Gasteiger partial charge in [0.05, 0.1) is 12.7 Å². The maximum atomic E-state index is 12.0. The molecule has 4 nitrogen and oxygen atoms in total. The summed E-state index contributed by atoms with van der Waals surface area (Å²) in [6.07, 6.45) is 3.31. The molecule has 2 rings (SSSR count). The third-order valence-corrected chi connectivity index (χ3v) is 3.30. The number of amides is 1. The molecule has 0 bridgehead atoms. The SMILES string of the molecule is COc1ccc(Cl)cc1C(=O)NN=CCCc1ccccc1. The zero-order valence-corrected chi connectivity index (χ0v) is 13.0. The van der Waals surface area contributed by atoms with E-state index < -0.39 is 0 Å². The monoisotopic (exact) mass is 316 g/mol. The Bertz CT molecular complexity index is 657. The molecule has 5 heteroatoms. The van der Waals surface area contributed by atoms with Gasteiger partial charge in [0.15, 0.2) is 0 Å². The van der Waals surface area contributed by atoms with Crippen molar-refractivity contribution in [1.82, 2.24) is 5.43 Å². The molecule has 2 aromatic carbocycles. The van der Waals surface area contributed by atoms with Crippen molar-refractivity contribution < 1.29 is 9.53 Å². The zero-order chi connectivity index (χ0) is 15.8. The predicted octanol–water partition coefficient (Wildman–Crippen LogP) is 3.70. The number of nitrogens with one attached hydrogen (secondary N) is 1. The van der Waals surface area contributed by atoms with Crippen LogP contribution in [0, 0.1) is 0 Å². The van der Waals surface area contributed by atoms with Gasteiger partial charge in [-0.25, -0.2) is 5.43 Å². The van der Waals surface area contributed by atoms with Crippen molar-refractivity contribution in [1.29, 1.82) is 0 Å². The van der Waals surface area contributed by atoms with Crippen molar-refractivity contribution in [3.8, 4) is 5.75 Å². The van der Waals surface area contributed by atoms with Gasteiger partial charge >= 0.3 is 0 Å². The van der Waals surface area contributed by atoms with E-state index in [1.807, 2.05) is 18.2 Å². The Morgan fingerprint density at radius 2 is 2.05 bits per heavy atom. The topological polar surface area (TPSA) is 50.7 Å². The molecular weight excluding hydrogens is 300 g/mol. The lowest BCUT2D eigenvalue weighted by Crippen LogP contribution is -2.18. The number of hydrogen-bond acceptors (Lipinski definition) is 3. The fraction of sp³-hybridized carbons (Fsp3) is 0.176. The van der Waals surface area contributed by atoms with Crippen molar-refractivity contribution in [3.63, 3.8) is 0 Å². The molecule has 0 fully saturated rings. The number of rotatable bonds is 6. The van der Waals surface area contributed by atoms with Crippen LogP contribution in [-0.4, -0.2) is 19.2 Å². The smallest absolute Gasteiger partial charge is 0.275 e. The van der Waals surface area contributed by atoms with Crippen LogP contribution in [0.1, 0.15) is 22.3 Å². The summed E-state index contributed by atoms with van der Waals surface area (Å²) in [5, 5.41) is 4.42. The molecule has 1 N–H and O–H groups in total. The van der Waals surface area contributed by atoms with Gasteiger partial charge in [-0.3, -0.25) is 4.79 Å². The molecule has 0 atom stereocenters. The average Bonchev–Trinajstić information content (AvgIpc) is 2.55. The third kappa shape index (κ3) is 4.60. The van der Waals surface area contributed by atoms with E-state index in [0.29, 0.717) is 16.3 Å². The van der Waals surface area contributed by atoms with Gasteiger partial charge in [0.1, 0.15) is 5.75 Å². The highest BCUT2D eigenvalue weighted by molar-refractivity contribution is 6.31. The van der Waals surface area contributed by atoms with Gasteiger partial charge < -0.3 is 4.74 Å². The van der Waals surface area contributed by atoms with Crippen molar-refractivity contribution in [2.75, 3.05) is 7.11 Å². The molecule has 0 heterocycles. The largest absolute Gasteiger partial charge is 0.496 e. The van der Waals surface area contributed by atoms with E-state index in [2.05, 4.69) is 22.7 Å². The summed E-state index contributed by atoms with van der Waals surface area (Å²) in [6, 6.07) is 15.0. The molecule has 0 unspecified atom stereocenters. The molecule has 0 spiro atoms. The van der Waals surface area contributed by atoms with E-state index in [1.165, 1.54) is 12.7 Å². The van der Waals surface area contributed by atoms with Crippen LogP contribution in [0.25, 0.3) is 0 Å². The number of benzene rings is 2. The molecule has 0 aromatic heterocycles. The minimum Gasteiger partial charge on any atom is -0.496 e. The summed E-state index contributed by atoms with van der Waals surface area (Å²) in [5.74, 6) is 0.108. The summed E-state index contributed by atoms with van der Waals surface area (Å²) < 4.78 is 5.14. The number of hydrazone groups is 1. The number of halogens is 1. The summed E-state index contributed by atoms with van der Waals surface area (Å²) in [6.45, 7) is 0. The van der Waals surface area contributed by atoms with Crippen LogP contribution in [0.2, 0.25) is 5.02 Å². The van der Waals surface area contributed by atoms with Crippen molar-refractivity contribution in [2.45, 2.75) is 12.8 Å². The van der Waals surface area contributed by atoms with E-state index in [1.54, 1.807) is 24.4 Å². The molecule has 0 saturated heterocycles. The summed E-state index contributed by atoms with van der Waals surface area (Å²) >= 11 is 5.90. The zero-order valence-electron chi connectivity index (χ0n) is 12.3. The second-order valence-corrected chi connectivity index (χ2v) is 5.06. The molecule has 114 valence electrons. The molecule has 1 amide bonds. The molecule has 0 aliphatic carbocycles. The van der Waals surface area contributed by atoms with Crippen molar-refractivity contribution in [2.24, 2.45) is 5.10 Å². The molecular formula is C17H17ClN2O2. The molecule has 0 saturated carbocycles. The van der Waals surface area contributed by atoms with Crippen LogP contribution < -0.4 is 10.2 Å². The normalized spacial score (nSPS) is 10.6. The molecule has 2 aromatic rings. The first kappa shape index (κ1) is 16.0. The summed E-state index contributed by atoms with van der Waals surface area (Å²) in [7, 11) is 1.50. The van der Waals surface area contributed by atoms with Crippen LogP contribution in [0.4, 0.5) is 0 Å². The Morgan fingerprint density at radius 3 is 2.77 bits per heavy atom. The lowest BCUT2D eigenvalue weighted by atomic mass is 10.1. The van der Waals surface area contributed by atoms with Crippen LogP contribution in [0.15, 0.2) is 53.6 Å². The van der Waals surface area contributed by atoms with Gasteiger partial charge in [-0.05, 0) is 36.6 Å². The summed E-state index contributed by atoms with van der Waals surface area (Å²) in [5.41, 5.74) is 4.07. The Hall–Kier alpha value is -2.33. The Kier molecular flexibility index (Phi) is 5.98. The first-order valence-corrected chi connectivity index (χ1v) is 7.28. The third-order valence-electron chi connectivity index (χ3n) is 3.07. The molecule has 0 aliphatic heterocycles. The van der Waals surface area contributed by atoms with Gasteiger partial charge in [0, 0.05) is 11.2 Å². The predicted molar refractivity (Wildman–Crippen MR) is 88.7 cm³/mol. The van der Waals surface area contributed by atoms with E-state index in [4.69, 9.17) is 16.3 Å². The first-order valence-electron chi connectivity index (χ1n) is 6.90. The van der Waals surface area contributed by atoms with E-state index in [9.17, 15) is 4.79 Å². The highest BCUT2D eigenvalue weighted by Crippen LogP contribution is 2.22. The van der Waals surface area contributed by atoms with Crippen LogP contribution in [0.3, 0.4) is 0 Å². The van der Waals surface area contributed by atoms with Gasteiger partial charge in [-0.1, -0.05) is 41.9 Å². The maximum Gasteiger partial charge on any atom is 0.275 e. The number of methoxy groups -OCH3 is 1. The Balaban J connectivity index is 1.87. The van der Waals surface area contributed by atoms with E-state index in [0.717, 1.165) is 12.8 Å². The maximum absolute atomic E-state index is 12.0. The standard InChI is InChI=1S/C17H17ClN2O2/c1-22-16-10-9-14(18)12-15(16)17(21)20-19-11-5-8-13-6-3-2-4-7-13/h2-4,6-7,9-12H,5,8H2,1H3,(H,20,21). The van der Waals surface area contributed by atoms with Crippen molar-refractivity contribution in [3.05, 3.63) is 64.7 Å². The van der Waals surface area contributed by atoms with Crippen LogP contribution in [0.5, 0.6) is 5.75 Å². The first-order chi connectivity index (χ1) is 10.7. The highest BCUT2D eigenvalue weighted by Gasteiger charge is 2.11. The van der Waals surface area contributed by atoms with Gasteiger partial charge in [-0.15, -0.1) is 0 Å². The molecule has 0 radical (unpaired) electrons. The molecule has 22 heavy (non-hydrogen) atoms. The Labute approximate surface area is 134 Å². The number of ether oxygens (including phenoxy) is 1. The molecule has 0 aliphatic rings.